The van der Waals surface area contributed by atoms with Gasteiger partial charge in [-0.05, 0) is 43.7 Å². The molecular weight excluding hydrogens is 473 g/mol. The van der Waals surface area contributed by atoms with Gasteiger partial charge in [0.1, 0.15) is 5.82 Å². The first-order valence-electron chi connectivity index (χ1n) is 11.1. The highest BCUT2D eigenvalue weighted by Gasteiger charge is 2.36. The van der Waals surface area contributed by atoms with Crippen molar-refractivity contribution in [1.29, 1.82) is 0 Å². The largest absolute Gasteiger partial charge is 0.462 e. The molecule has 4 rings (SSSR count). The Bertz CT molecular complexity index is 1170. The summed E-state index contributed by atoms with van der Waals surface area (Å²) in [6.45, 7) is 4.33. The van der Waals surface area contributed by atoms with E-state index in [-0.39, 0.29) is 5.82 Å². The Morgan fingerprint density at radius 1 is 1.19 bits per heavy atom. The number of esters is 1. The van der Waals surface area contributed by atoms with Crippen molar-refractivity contribution in [3.05, 3.63) is 69.6 Å². The Morgan fingerprint density at radius 2 is 1.97 bits per heavy atom. The number of allylic oxidation sites excluding steroid dienone is 1. The number of unbranched alkanes of at least 4 members (excludes halogenated alkanes) is 4. The predicted molar refractivity (Wildman–Crippen MR) is 128 cm³/mol. The van der Waals surface area contributed by atoms with Crippen LogP contribution in [0.2, 0.25) is 0 Å². The number of hydrogen-bond donors (Lipinski definition) is 1. The molecule has 0 aliphatic carbocycles. The SMILES string of the molecule is CCCCCCCOC(=O)C1=C(C)Nc2nc3ccccc3n2C1c1cc(Br)ccc1F. The van der Waals surface area contributed by atoms with Crippen molar-refractivity contribution in [3.63, 3.8) is 0 Å². The van der Waals surface area contributed by atoms with Crippen LogP contribution in [-0.2, 0) is 9.53 Å². The maximum Gasteiger partial charge on any atom is 0.338 e. The lowest BCUT2D eigenvalue weighted by Gasteiger charge is -2.30. The molecular formula is C25H27BrFN3O2. The van der Waals surface area contributed by atoms with E-state index >= 15 is 4.39 Å². The van der Waals surface area contributed by atoms with Crippen LogP contribution < -0.4 is 5.32 Å². The number of imidazole rings is 1. The number of ether oxygens (including phenoxy) is 1. The number of rotatable bonds is 8. The highest BCUT2D eigenvalue weighted by molar-refractivity contribution is 9.10. The number of carbonyl (C=O) groups is 1. The minimum Gasteiger partial charge on any atom is -0.462 e. The lowest BCUT2D eigenvalue weighted by atomic mass is 9.94. The topological polar surface area (TPSA) is 56.1 Å². The summed E-state index contributed by atoms with van der Waals surface area (Å²) in [6, 6.07) is 11.7. The van der Waals surface area contributed by atoms with E-state index in [2.05, 4.69) is 33.2 Å². The molecule has 1 aliphatic rings. The van der Waals surface area contributed by atoms with Gasteiger partial charge in [-0.2, -0.15) is 0 Å². The third-order valence-electron chi connectivity index (χ3n) is 5.78. The van der Waals surface area contributed by atoms with Crippen LogP contribution in [0.25, 0.3) is 11.0 Å². The minimum absolute atomic E-state index is 0.352. The summed E-state index contributed by atoms with van der Waals surface area (Å²) in [5, 5.41) is 3.23. The fraction of sp³-hybridized carbons (Fsp3) is 0.360. The molecule has 1 unspecified atom stereocenters. The zero-order chi connectivity index (χ0) is 22.7. The van der Waals surface area contributed by atoms with Gasteiger partial charge in [0.25, 0.3) is 0 Å². The van der Waals surface area contributed by atoms with Gasteiger partial charge in [-0.25, -0.2) is 14.2 Å². The van der Waals surface area contributed by atoms with Gasteiger partial charge in [-0.1, -0.05) is 60.7 Å². The second-order valence-corrected chi connectivity index (χ2v) is 8.99. The molecule has 0 radical (unpaired) electrons. The number of nitrogens with zero attached hydrogens (tertiary/aromatic N) is 2. The number of nitrogens with one attached hydrogen (secondary N) is 1. The van der Waals surface area contributed by atoms with E-state index in [9.17, 15) is 4.79 Å². The monoisotopic (exact) mass is 499 g/mol. The lowest BCUT2D eigenvalue weighted by Crippen LogP contribution is -2.29. The van der Waals surface area contributed by atoms with Gasteiger partial charge >= 0.3 is 5.97 Å². The summed E-state index contributed by atoms with van der Waals surface area (Å²) < 4.78 is 23.4. The molecule has 0 spiro atoms. The summed E-state index contributed by atoms with van der Waals surface area (Å²) in [6.07, 6.45) is 5.33. The summed E-state index contributed by atoms with van der Waals surface area (Å²) in [7, 11) is 0. The molecule has 0 amide bonds. The van der Waals surface area contributed by atoms with E-state index in [0.717, 1.165) is 34.8 Å². The van der Waals surface area contributed by atoms with Gasteiger partial charge in [-0.3, -0.25) is 4.57 Å². The maximum atomic E-state index is 15.1. The highest BCUT2D eigenvalue weighted by Crippen LogP contribution is 2.41. The molecule has 1 atom stereocenters. The number of anilines is 1. The Hall–Kier alpha value is -2.67. The number of halogens is 2. The third-order valence-corrected chi connectivity index (χ3v) is 6.28. The Balaban J connectivity index is 1.72. The molecule has 7 heteroatoms. The summed E-state index contributed by atoms with van der Waals surface area (Å²) in [5.74, 6) is -0.246. The van der Waals surface area contributed by atoms with Crippen molar-refractivity contribution in [2.45, 2.75) is 52.0 Å². The second kappa shape index (κ2) is 9.86. The molecule has 32 heavy (non-hydrogen) atoms. The van der Waals surface area contributed by atoms with Crippen molar-refractivity contribution < 1.29 is 13.9 Å². The first-order chi connectivity index (χ1) is 15.5. The van der Waals surface area contributed by atoms with E-state index in [4.69, 9.17) is 4.74 Å². The minimum atomic E-state index is -0.691. The van der Waals surface area contributed by atoms with Gasteiger partial charge in [0.05, 0.1) is 29.3 Å². The van der Waals surface area contributed by atoms with Crippen LogP contribution in [0.1, 0.15) is 57.6 Å². The fourth-order valence-electron chi connectivity index (χ4n) is 4.19. The lowest BCUT2D eigenvalue weighted by molar-refractivity contribution is -0.139. The predicted octanol–water partition coefficient (Wildman–Crippen LogP) is 6.74. The van der Waals surface area contributed by atoms with Crippen molar-refractivity contribution >= 4 is 38.9 Å². The van der Waals surface area contributed by atoms with E-state index in [1.54, 1.807) is 12.1 Å². The molecule has 0 fully saturated rings. The van der Waals surface area contributed by atoms with Crippen LogP contribution in [0.4, 0.5) is 10.3 Å². The summed E-state index contributed by atoms with van der Waals surface area (Å²) in [5.41, 5.74) is 2.99. The third kappa shape index (κ3) is 4.44. The van der Waals surface area contributed by atoms with Gasteiger partial charge in [-0.15, -0.1) is 0 Å². The van der Waals surface area contributed by atoms with E-state index < -0.39 is 12.0 Å². The molecule has 2 aromatic carbocycles. The second-order valence-electron chi connectivity index (χ2n) is 8.08. The number of para-hydroxylation sites is 2. The molecule has 0 saturated carbocycles. The van der Waals surface area contributed by atoms with Crippen molar-refractivity contribution in [2.75, 3.05) is 11.9 Å². The molecule has 5 nitrogen and oxygen atoms in total. The fourth-order valence-corrected chi connectivity index (χ4v) is 4.57. The molecule has 2 heterocycles. The standard InChI is InChI=1S/C25H27BrFN3O2/c1-3-4-5-6-9-14-32-24(31)22-16(2)28-25-29-20-10-7-8-11-21(20)30(25)23(22)18-15-17(26)12-13-19(18)27/h7-8,10-13,15,23H,3-6,9,14H2,1-2H3,(H,28,29). The quantitative estimate of drug-likeness (QED) is 0.275. The molecule has 1 N–H and O–H groups in total. The average Bonchev–Trinajstić information content (AvgIpc) is 3.14. The van der Waals surface area contributed by atoms with Crippen LogP contribution in [0.3, 0.4) is 0 Å². The normalized spacial score (nSPS) is 15.6. The van der Waals surface area contributed by atoms with Gasteiger partial charge in [0.2, 0.25) is 5.95 Å². The highest BCUT2D eigenvalue weighted by atomic mass is 79.9. The van der Waals surface area contributed by atoms with Gasteiger partial charge in [0, 0.05) is 15.7 Å². The van der Waals surface area contributed by atoms with E-state index in [1.807, 2.05) is 35.8 Å². The Kier molecular flexibility index (Phi) is 6.94. The number of fused-ring (bicyclic) bond motifs is 3. The maximum absolute atomic E-state index is 15.1. The van der Waals surface area contributed by atoms with Crippen LogP contribution in [0, 0.1) is 5.82 Å². The van der Waals surface area contributed by atoms with Gasteiger partial charge in [0.15, 0.2) is 0 Å². The van der Waals surface area contributed by atoms with Crippen LogP contribution in [0.5, 0.6) is 0 Å². The molecule has 3 aromatic rings. The number of aromatic nitrogens is 2. The zero-order valence-corrected chi connectivity index (χ0v) is 19.9. The van der Waals surface area contributed by atoms with E-state index in [1.165, 1.54) is 18.9 Å². The van der Waals surface area contributed by atoms with Crippen molar-refractivity contribution in [2.24, 2.45) is 0 Å². The number of hydrogen-bond acceptors (Lipinski definition) is 4. The molecule has 0 saturated heterocycles. The molecule has 168 valence electrons. The Morgan fingerprint density at radius 3 is 2.78 bits per heavy atom. The number of benzene rings is 2. The average molecular weight is 500 g/mol. The van der Waals surface area contributed by atoms with Crippen LogP contribution in [-0.4, -0.2) is 22.1 Å². The summed E-state index contributed by atoms with van der Waals surface area (Å²) in [4.78, 5) is 17.9. The Labute approximate surface area is 195 Å². The molecule has 0 bridgehead atoms. The van der Waals surface area contributed by atoms with Crippen molar-refractivity contribution in [1.82, 2.24) is 9.55 Å². The first kappa shape index (κ1) is 22.5. The molecule has 1 aliphatic heterocycles. The van der Waals surface area contributed by atoms with Crippen LogP contribution >= 0.6 is 15.9 Å². The summed E-state index contributed by atoms with van der Waals surface area (Å²) >= 11 is 3.45. The number of carbonyl (C=O) groups excluding carboxylic acids is 1. The van der Waals surface area contributed by atoms with E-state index in [0.29, 0.717) is 29.4 Å². The zero-order valence-electron chi connectivity index (χ0n) is 18.3. The molecule has 1 aromatic heterocycles. The van der Waals surface area contributed by atoms with Crippen LogP contribution in [0.15, 0.2) is 58.2 Å². The first-order valence-corrected chi connectivity index (χ1v) is 11.9. The smallest absolute Gasteiger partial charge is 0.338 e. The van der Waals surface area contributed by atoms with Gasteiger partial charge < -0.3 is 10.1 Å². The van der Waals surface area contributed by atoms with Crippen molar-refractivity contribution in [3.8, 4) is 0 Å².